The van der Waals surface area contributed by atoms with Crippen LogP contribution in [0.4, 0.5) is 5.69 Å². The number of thioether (sulfide) groups is 1. The lowest BCUT2D eigenvalue weighted by Crippen LogP contribution is -2.46. The van der Waals surface area contributed by atoms with Crippen molar-refractivity contribution in [3.63, 3.8) is 0 Å². The number of rotatable bonds is 3. The fourth-order valence-electron chi connectivity index (χ4n) is 1.85. The third-order valence-corrected chi connectivity index (χ3v) is 4.03. The summed E-state index contributed by atoms with van der Waals surface area (Å²) in [6.07, 6.45) is 5.95. The van der Waals surface area contributed by atoms with Crippen molar-refractivity contribution >= 4 is 23.4 Å². The molecule has 1 saturated heterocycles. The Balaban J connectivity index is 2.24. The molecule has 2 N–H and O–H groups in total. The van der Waals surface area contributed by atoms with Gasteiger partial charge in [0.05, 0.1) is 0 Å². The molecular weight excluding hydrogens is 234 g/mol. The average molecular weight is 247 g/mol. The van der Waals surface area contributed by atoms with Crippen LogP contribution < -0.4 is 5.32 Å². The van der Waals surface area contributed by atoms with E-state index < -0.39 is 11.5 Å². The van der Waals surface area contributed by atoms with Gasteiger partial charge in [-0.3, -0.25) is 0 Å². The van der Waals surface area contributed by atoms with Crippen molar-refractivity contribution in [1.82, 2.24) is 0 Å². The van der Waals surface area contributed by atoms with Gasteiger partial charge in [-0.2, -0.15) is 11.8 Å². The second kappa shape index (κ2) is 4.72. The van der Waals surface area contributed by atoms with Crippen LogP contribution in [-0.4, -0.2) is 28.1 Å². The highest BCUT2D eigenvalue weighted by atomic mass is 32.2. The van der Waals surface area contributed by atoms with E-state index in [2.05, 4.69) is 11.2 Å². The Bertz CT molecular complexity index is 473. The highest BCUT2D eigenvalue weighted by Gasteiger charge is 2.41. The molecule has 0 aliphatic carbocycles. The Labute approximate surface area is 105 Å². The van der Waals surface area contributed by atoms with Crippen LogP contribution in [0, 0.1) is 12.3 Å². The predicted octanol–water partition coefficient (Wildman–Crippen LogP) is 2.04. The van der Waals surface area contributed by atoms with Crippen molar-refractivity contribution in [2.75, 3.05) is 16.8 Å². The molecule has 1 aliphatic heterocycles. The Hall–Kier alpha value is -1.60. The maximum atomic E-state index is 11.4. The van der Waals surface area contributed by atoms with Gasteiger partial charge in [-0.05, 0) is 30.4 Å². The zero-order valence-electron chi connectivity index (χ0n) is 9.27. The van der Waals surface area contributed by atoms with Gasteiger partial charge >= 0.3 is 5.97 Å². The Kier molecular flexibility index (Phi) is 3.30. The molecule has 1 aromatic rings. The Morgan fingerprint density at radius 3 is 3.00 bits per heavy atom. The van der Waals surface area contributed by atoms with Gasteiger partial charge in [0.1, 0.15) is 5.54 Å². The quantitative estimate of drug-likeness (QED) is 0.803. The summed E-state index contributed by atoms with van der Waals surface area (Å²) in [5.74, 6) is 3.20. The number of carboxylic acids is 1. The number of nitrogens with one attached hydrogen (secondary N) is 1. The van der Waals surface area contributed by atoms with Crippen LogP contribution in [0.5, 0.6) is 0 Å². The molecule has 1 heterocycles. The van der Waals surface area contributed by atoms with Gasteiger partial charge in [0.2, 0.25) is 0 Å². The lowest BCUT2D eigenvalue weighted by molar-refractivity contribution is -0.141. The van der Waals surface area contributed by atoms with Gasteiger partial charge in [-0.25, -0.2) is 4.79 Å². The monoisotopic (exact) mass is 247 g/mol. The summed E-state index contributed by atoms with van der Waals surface area (Å²) < 4.78 is 0. The van der Waals surface area contributed by atoms with E-state index in [0.29, 0.717) is 12.2 Å². The number of hydrogen-bond acceptors (Lipinski definition) is 3. The Morgan fingerprint density at radius 1 is 1.59 bits per heavy atom. The highest BCUT2D eigenvalue weighted by Crippen LogP contribution is 2.31. The normalized spacial score (nSPS) is 23.0. The van der Waals surface area contributed by atoms with Gasteiger partial charge in [0, 0.05) is 17.0 Å². The van der Waals surface area contributed by atoms with Gasteiger partial charge in [0.15, 0.2) is 0 Å². The molecule has 0 bridgehead atoms. The minimum atomic E-state index is -0.849. The van der Waals surface area contributed by atoms with Crippen molar-refractivity contribution in [3.8, 4) is 12.3 Å². The van der Waals surface area contributed by atoms with E-state index in [1.807, 2.05) is 18.2 Å². The van der Waals surface area contributed by atoms with Crippen molar-refractivity contribution < 1.29 is 9.90 Å². The fraction of sp³-hybridized carbons (Fsp3) is 0.308. The number of aliphatic carboxylic acids is 1. The van der Waals surface area contributed by atoms with Crippen molar-refractivity contribution in [2.24, 2.45) is 0 Å². The van der Waals surface area contributed by atoms with Crippen LogP contribution in [0.2, 0.25) is 0 Å². The standard InChI is InChI=1S/C13H13NO2S/c1-2-10-4-3-5-11(8-10)14-13(12(15)16)6-7-17-9-13/h1,3-5,8,14H,6-7,9H2,(H,15,16). The summed E-state index contributed by atoms with van der Waals surface area (Å²) in [5.41, 5.74) is 0.671. The molecule has 2 rings (SSSR count). The SMILES string of the molecule is C#Cc1cccc(NC2(C(=O)O)CCSC2)c1. The maximum absolute atomic E-state index is 11.4. The smallest absolute Gasteiger partial charge is 0.330 e. The first-order valence-electron chi connectivity index (χ1n) is 5.32. The van der Waals surface area contributed by atoms with Crippen molar-refractivity contribution in [3.05, 3.63) is 29.8 Å². The zero-order chi connectivity index (χ0) is 12.3. The molecule has 1 atom stereocenters. The lowest BCUT2D eigenvalue weighted by Gasteiger charge is -2.25. The molecule has 0 aromatic heterocycles. The van der Waals surface area contributed by atoms with Gasteiger partial charge < -0.3 is 10.4 Å². The largest absolute Gasteiger partial charge is 0.479 e. The Morgan fingerprint density at radius 2 is 2.41 bits per heavy atom. The third kappa shape index (κ3) is 2.40. The van der Waals surface area contributed by atoms with Crippen LogP contribution in [0.15, 0.2) is 24.3 Å². The van der Waals surface area contributed by atoms with Crippen molar-refractivity contribution in [2.45, 2.75) is 12.0 Å². The third-order valence-electron chi connectivity index (χ3n) is 2.84. The maximum Gasteiger partial charge on any atom is 0.330 e. The molecule has 0 amide bonds. The molecular formula is C13H13NO2S. The number of anilines is 1. The fourth-order valence-corrected chi connectivity index (χ4v) is 3.17. The molecule has 1 aromatic carbocycles. The molecule has 0 saturated carbocycles. The molecule has 0 radical (unpaired) electrons. The first-order chi connectivity index (χ1) is 8.16. The van der Waals surface area contributed by atoms with Crippen molar-refractivity contribution in [1.29, 1.82) is 0 Å². The molecule has 1 fully saturated rings. The highest BCUT2D eigenvalue weighted by molar-refractivity contribution is 7.99. The van der Waals surface area contributed by atoms with Gasteiger partial charge in [0.25, 0.3) is 0 Å². The summed E-state index contributed by atoms with van der Waals surface area (Å²) >= 11 is 1.65. The van der Waals surface area contributed by atoms with E-state index in [1.54, 1.807) is 17.8 Å². The number of benzene rings is 1. The minimum absolute atomic E-state index is 0.586. The lowest BCUT2D eigenvalue weighted by atomic mass is 9.98. The second-order valence-corrected chi connectivity index (χ2v) is 5.15. The first kappa shape index (κ1) is 11.9. The summed E-state index contributed by atoms with van der Waals surface area (Å²) in [5, 5.41) is 12.4. The van der Waals surface area contributed by atoms with Crippen LogP contribution in [-0.2, 0) is 4.79 Å². The van der Waals surface area contributed by atoms with E-state index in [1.165, 1.54) is 0 Å². The second-order valence-electron chi connectivity index (χ2n) is 4.04. The predicted molar refractivity (Wildman–Crippen MR) is 70.3 cm³/mol. The van der Waals surface area contributed by atoms with E-state index in [-0.39, 0.29) is 0 Å². The molecule has 0 spiro atoms. The van der Waals surface area contributed by atoms with Crippen LogP contribution in [0.3, 0.4) is 0 Å². The molecule has 88 valence electrons. The van der Waals surface area contributed by atoms with E-state index in [4.69, 9.17) is 6.42 Å². The molecule has 17 heavy (non-hydrogen) atoms. The molecule has 3 nitrogen and oxygen atoms in total. The van der Waals surface area contributed by atoms with E-state index >= 15 is 0 Å². The molecule has 4 heteroatoms. The molecule has 1 aliphatic rings. The van der Waals surface area contributed by atoms with E-state index in [0.717, 1.165) is 17.0 Å². The topological polar surface area (TPSA) is 49.3 Å². The van der Waals surface area contributed by atoms with E-state index in [9.17, 15) is 9.90 Å². The summed E-state index contributed by atoms with van der Waals surface area (Å²) in [7, 11) is 0. The minimum Gasteiger partial charge on any atom is -0.479 e. The summed E-state index contributed by atoms with van der Waals surface area (Å²) in [6, 6.07) is 7.29. The number of carbonyl (C=O) groups is 1. The average Bonchev–Trinajstić information content (AvgIpc) is 2.79. The molecule has 1 unspecified atom stereocenters. The first-order valence-corrected chi connectivity index (χ1v) is 6.48. The van der Waals surface area contributed by atoms with Crippen LogP contribution >= 0.6 is 11.8 Å². The zero-order valence-corrected chi connectivity index (χ0v) is 10.1. The number of carboxylic acid groups (broad SMARTS) is 1. The van der Waals surface area contributed by atoms with Crippen LogP contribution in [0.1, 0.15) is 12.0 Å². The number of terminal acetylenes is 1. The summed E-state index contributed by atoms with van der Waals surface area (Å²) in [4.78, 5) is 11.4. The summed E-state index contributed by atoms with van der Waals surface area (Å²) in [6.45, 7) is 0. The van der Waals surface area contributed by atoms with Crippen LogP contribution in [0.25, 0.3) is 0 Å². The number of hydrogen-bond donors (Lipinski definition) is 2. The van der Waals surface area contributed by atoms with Gasteiger partial charge in [-0.1, -0.05) is 12.0 Å². The van der Waals surface area contributed by atoms with Gasteiger partial charge in [-0.15, -0.1) is 6.42 Å².